The molecule has 2 aromatic heterocycles. The minimum Gasteiger partial charge on any atom is -0.306 e. The minimum atomic E-state index is 1.03. The van der Waals surface area contributed by atoms with Gasteiger partial charge in [-0.05, 0) is 31.5 Å². The smallest absolute Gasteiger partial charge is 0.137 e. The molecule has 0 aliphatic rings. The zero-order chi connectivity index (χ0) is 7.84. The lowest BCUT2D eigenvalue weighted by Gasteiger charge is -1.94. The van der Waals surface area contributed by atoms with E-state index in [9.17, 15) is 0 Å². The average Bonchev–Trinajstić information content (AvgIpc) is 2.30. The van der Waals surface area contributed by atoms with Gasteiger partial charge in [0.15, 0.2) is 0 Å². The van der Waals surface area contributed by atoms with Gasteiger partial charge in [-0.25, -0.2) is 4.98 Å². The van der Waals surface area contributed by atoms with Crippen molar-refractivity contribution < 1.29 is 0 Å². The second-order valence-corrected chi connectivity index (χ2v) is 2.76. The van der Waals surface area contributed by atoms with Crippen LogP contribution in [0.4, 0.5) is 0 Å². The molecule has 0 atom stereocenters. The Kier molecular flexibility index (Phi) is 1.22. The molecule has 11 heavy (non-hydrogen) atoms. The van der Waals surface area contributed by atoms with Crippen LogP contribution < -0.4 is 0 Å². The van der Waals surface area contributed by atoms with Crippen molar-refractivity contribution in [1.29, 1.82) is 0 Å². The van der Waals surface area contributed by atoms with E-state index in [1.54, 1.807) is 0 Å². The summed E-state index contributed by atoms with van der Waals surface area (Å²) in [4.78, 5) is 4.23. The molecular weight excluding hydrogens is 136 g/mol. The summed E-state index contributed by atoms with van der Waals surface area (Å²) >= 11 is 0. The Morgan fingerprint density at radius 2 is 2.18 bits per heavy atom. The van der Waals surface area contributed by atoms with Crippen molar-refractivity contribution in [2.75, 3.05) is 0 Å². The Bertz CT molecular complexity index is 387. The van der Waals surface area contributed by atoms with Gasteiger partial charge in [-0.15, -0.1) is 0 Å². The Balaban J connectivity index is 2.92. The number of hydrogen-bond acceptors (Lipinski definition) is 1. The van der Waals surface area contributed by atoms with Crippen molar-refractivity contribution in [3.63, 3.8) is 0 Å². The van der Waals surface area contributed by atoms with Gasteiger partial charge in [0, 0.05) is 18.1 Å². The fourth-order valence-electron chi connectivity index (χ4n) is 1.26. The number of hydrogen-bond donors (Lipinski definition) is 0. The zero-order valence-corrected chi connectivity index (χ0v) is 6.70. The van der Waals surface area contributed by atoms with Crippen LogP contribution in [0.1, 0.15) is 11.3 Å². The summed E-state index contributed by atoms with van der Waals surface area (Å²) in [5.41, 5.74) is 3.60. The van der Waals surface area contributed by atoms with Crippen LogP contribution in [0.2, 0.25) is 0 Å². The monoisotopic (exact) mass is 146 g/mol. The number of nitrogens with zero attached hydrogens (tertiary/aromatic N) is 2. The van der Waals surface area contributed by atoms with Gasteiger partial charge in [-0.1, -0.05) is 0 Å². The van der Waals surface area contributed by atoms with Crippen molar-refractivity contribution in [3.8, 4) is 0 Å². The minimum absolute atomic E-state index is 1.03. The zero-order valence-electron chi connectivity index (χ0n) is 6.70. The highest BCUT2D eigenvalue weighted by molar-refractivity contribution is 5.45. The highest BCUT2D eigenvalue weighted by atomic mass is 15.0. The SMILES string of the molecule is Cc1cc2ncccn2c1C. The van der Waals surface area contributed by atoms with Crippen LogP contribution in [0, 0.1) is 13.8 Å². The van der Waals surface area contributed by atoms with E-state index in [-0.39, 0.29) is 0 Å². The van der Waals surface area contributed by atoms with Crippen LogP contribution in [0.5, 0.6) is 0 Å². The topological polar surface area (TPSA) is 17.3 Å². The van der Waals surface area contributed by atoms with E-state index in [1.807, 2.05) is 18.5 Å². The first-order valence-electron chi connectivity index (χ1n) is 3.68. The third kappa shape index (κ3) is 0.827. The number of aryl methyl sites for hydroxylation is 2. The van der Waals surface area contributed by atoms with Crippen molar-refractivity contribution in [1.82, 2.24) is 9.38 Å². The lowest BCUT2D eigenvalue weighted by Crippen LogP contribution is -1.87. The van der Waals surface area contributed by atoms with Gasteiger partial charge in [0.05, 0.1) is 0 Å². The fourth-order valence-corrected chi connectivity index (χ4v) is 1.26. The van der Waals surface area contributed by atoms with Crippen molar-refractivity contribution in [2.45, 2.75) is 13.8 Å². The molecule has 2 aromatic rings. The van der Waals surface area contributed by atoms with Gasteiger partial charge in [0.2, 0.25) is 0 Å². The van der Waals surface area contributed by atoms with E-state index >= 15 is 0 Å². The van der Waals surface area contributed by atoms with Crippen LogP contribution in [0.15, 0.2) is 24.5 Å². The van der Waals surface area contributed by atoms with Crippen molar-refractivity contribution in [3.05, 3.63) is 35.8 Å². The molecule has 0 unspecified atom stereocenters. The highest BCUT2D eigenvalue weighted by Crippen LogP contribution is 2.11. The van der Waals surface area contributed by atoms with E-state index in [0.717, 1.165) is 5.65 Å². The molecule has 0 saturated carbocycles. The largest absolute Gasteiger partial charge is 0.306 e. The molecule has 2 nitrogen and oxygen atoms in total. The lowest BCUT2D eigenvalue weighted by atomic mass is 10.3. The first-order valence-corrected chi connectivity index (χ1v) is 3.68. The standard InChI is InChI=1S/C9H10N2/c1-7-6-9-10-4-3-5-11(9)8(7)2/h3-6H,1-2H3. The summed E-state index contributed by atoms with van der Waals surface area (Å²) in [6.45, 7) is 4.20. The van der Waals surface area contributed by atoms with E-state index < -0.39 is 0 Å². The Morgan fingerprint density at radius 1 is 1.36 bits per heavy atom. The first-order chi connectivity index (χ1) is 5.29. The van der Waals surface area contributed by atoms with Gasteiger partial charge < -0.3 is 4.40 Å². The van der Waals surface area contributed by atoms with Gasteiger partial charge in [-0.3, -0.25) is 0 Å². The van der Waals surface area contributed by atoms with Crippen LogP contribution in [-0.4, -0.2) is 9.38 Å². The molecule has 0 aliphatic heterocycles. The molecule has 56 valence electrons. The Morgan fingerprint density at radius 3 is 2.91 bits per heavy atom. The molecule has 0 aromatic carbocycles. The van der Waals surface area contributed by atoms with E-state index in [1.165, 1.54) is 11.3 Å². The van der Waals surface area contributed by atoms with Gasteiger partial charge in [0.1, 0.15) is 5.65 Å². The normalized spacial score (nSPS) is 10.7. The predicted octanol–water partition coefficient (Wildman–Crippen LogP) is 1.95. The van der Waals surface area contributed by atoms with E-state index in [2.05, 4.69) is 29.3 Å². The van der Waals surface area contributed by atoms with Crippen LogP contribution >= 0.6 is 0 Å². The molecule has 2 heteroatoms. The summed E-state index contributed by atoms with van der Waals surface area (Å²) in [6.07, 6.45) is 3.85. The molecule has 0 aliphatic carbocycles. The Hall–Kier alpha value is -1.31. The fraction of sp³-hybridized carbons (Fsp3) is 0.222. The van der Waals surface area contributed by atoms with Gasteiger partial charge >= 0.3 is 0 Å². The maximum absolute atomic E-state index is 4.23. The first kappa shape index (κ1) is 6.40. The number of rotatable bonds is 0. The molecule has 0 saturated heterocycles. The summed E-state index contributed by atoms with van der Waals surface area (Å²) < 4.78 is 2.09. The number of fused-ring (bicyclic) bond motifs is 1. The van der Waals surface area contributed by atoms with Gasteiger partial charge in [0.25, 0.3) is 0 Å². The van der Waals surface area contributed by atoms with Crippen molar-refractivity contribution >= 4 is 5.65 Å². The van der Waals surface area contributed by atoms with Crippen LogP contribution in [0.3, 0.4) is 0 Å². The Labute approximate surface area is 65.5 Å². The number of aromatic nitrogens is 2. The molecule has 2 rings (SSSR count). The summed E-state index contributed by atoms with van der Waals surface area (Å²) in [6, 6.07) is 4.04. The summed E-state index contributed by atoms with van der Waals surface area (Å²) in [7, 11) is 0. The van der Waals surface area contributed by atoms with E-state index in [0.29, 0.717) is 0 Å². The maximum atomic E-state index is 4.23. The molecule has 0 fully saturated rings. The molecule has 2 heterocycles. The third-order valence-corrected chi connectivity index (χ3v) is 2.05. The molecule has 0 spiro atoms. The molecular formula is C9H10N2. The van der Waals surface area contributed by atoms with Crippen LogP contribution in [0.25, 0.3) is 5.65 Å². The second-order valence-electron chi connectivity index (χ2n) is 2.76. The average molecular weight is 146 g/mol. The van der Waals surface area contributed by atoms with E-state index in [4.69, 9.17) is 0 Å². The highest BCUT2D eigenvalue weighted by Gasteiger charge is 1.99. The molecule has 0 radical (unpaired) electrons. The maximum Gasteiger partial charge on any atom is 0.137 e. The molecule has 0 bridgehead atoms. The molecule has 0 N–H and O–H groups in total. The quantitative estimate of drug-likeness (QED) is 0.555. The lowest BCUT2D eigenvalue weighted by molar-refractivity contribution is 1.06. The summed E-state index contributed by atoms with van der Waals surface area (Å²) in [5, 5.41) is 0. The second kappa shape index (κ2) is 2.09. The van der Waals surface area contributed by atoms with Crippen LogP contribution in [-0.2, 0) is 0 Å². The predicted molar refractivity (Wildman–Crippen MR) is 44.7 cm³/mol. The van der Waals surface area contributed by atoms with Crippen molar-refractivity contribution in [2.24, 2.45) is 0 Å². The molecule has 0 amide bonds. The third-order valence-electron chi connectivity index (χ3n) is 2.05. The summed E-state index contributed by atoms with van der Waals surface area (Å²) in [5.74, 6) is 0. The van der Waals surface area contributed by atoms with Gasteiger partial charge in [-0.2, -0.15) is 0 Å².